The Morgan fingerprint density at radius 1 is 1.26 bits per heavy atom. The number of benzene rings is 1. The first-order valence-electron chi connectivity index (χ1n) is 8.74. The van der Waals surface area contributed by atoms with Gasteiger partial charge in [-0.25, -0.2) is 4.98 Å². The third kappa shape index (κ3) is 3.28. The van der Waals surface area contributed by atoms with Crippen LogP contribution in [-0.2, 0) is 4.79 Å². The highest BCUT2D eigenvalue weighted by atomic mass is 35.5. The summed E-state index contributed by atoms with van der Waals surface area (Å²) in [6.07, 6.45) is 0. The van der Waals surface area contributed by atoms with Crippen LogP contribution in [0.4, 0.5) is 0 Å². The molecule has 0 aliphatic carbocycles. The Hall–Kier alpha value is -2.18. The number of aromatic nitrogens is 2. The van der Waals surface area contributed by atoms with Crippen LogP contribution in [-0.4, -0.2) is 15.5 Å². The smallest absolute Gasteiger partial charge is 0.263 e. The van der Waals surface area contributed by atoms with Gasteiger partial charge in [0, 0.05) is 21.4 Å². The van der Waals surface area contributed by atoms with Crippen LogP contribution in [0.1, 0.15) is 49.0 Å². The normalized spacial score (nSPS) is 12.7. The van der Waals surface area contributed by atoms with E-state index >= 15 is 0 Å². The lowest BCUT2D eigenvalue weighted by atomic mass is 10.0. The Kier molecular flexibility index (Phi) is 5.14. The van der Waals surface area contributed by atoms with Crippen LogP contribution in [0.15, 0.2) is 23.0 Å². The number of aryl methyl sites for hydroxylation is 2. The summed E-state index contributed by atoms with van der Waals surface area (Å²) in [6, 6.07) is 4.93. The second kappa shape index (κ2) is 7.09. The molecule has 142 valence electrons. The summed E-state index contributed by atoms with van der Waals surface area (Å²) in [5.74, 6) is -0.0117. The van der Waals surface area contributed by atoms with Crippen molar-refractivity contribution in [3.63, 3.8) is 0 Å². The van der Waals surface area contributed by atoms with Gasteiger partial charge in [-0.15, -0.1) is 11.3 Å². The number of amides is 1. The standard InChI is InChI=1S/C20H22ClN3O2S/c1-9(2)18-23-19-16(20(26)24(18)11(4)17(22)25)15(12(5)27-19)13-6-7-14(21)10(3)8-13/h6-9,11H,1-5H3,(H2,22,25). The molecule has 5 nitrogen and oxygen atoms in total. The van der Waals surface area contributed by atoms with Gasteiger partial charge in [0.25, 0.3) is 5.56 Å². The molecule has 0 spiro atoms. The quantitative estimate of drug-likeness (QED) is 0.693. The van der Waals surface area contributed by atoms with Gasteiger partial charge in [-0.2, -0.15) is 0 Å². The third-order valence-corrected chi connectivity index (χ3v) is 6.15. The van der Waals surface area contributed by atoms with Crippen molar-refractivity contribution < 1.29 is 4.79 Å². The van der Waals surface area contributed by atoms with Gasteiger partial charge < -0.3 is 5.73 Å². The number of hydrogen-bond donors (Lipinski definition) is 1. The topological polar surface area (TPSA) is 78.0 Å². The van der Waals surface area contributed by atoms with E-state index in [1.54, 1.807) is 6.92 Å². The van der Waals surface area contributed by atoms with Crippen LogP contribution in [0.2, 0.25) is 5.02 Å². The molecular formula is C20H22ClN3O2S. The third-order valence-electron chi connectivity index (χ3n) is 4.72. The monoisotopic (exact) mass is 403 g/mol. The first-order valence-corrected chi connectivity index (χ1v) is 9.94. The summed E-state index contributed by atoms with van der Waals surface area (Å²) >= 11 is 7.65. The first-order chi connectivity index (χ1) is 12.6. The predicted molar refractivity (Wildman–Crippen MR) is 112 cm³/mol. The van der Waals surface area contributed by atoms with E-state index in [9.17, 15) is 9.59 Å². The fraction of sp³-hybridized carbons (Fsp3) is 0.350. The highest BCUT2D eigenvalue weighted by molar-refractivity contribution is 7.19. The maximum Gasteiger partial charge on any atom is 0.263 e. The lowest BCUT2D eigenvalue weighted by molar-refractivity contribution is -0.120. The van der Waals surface area contributed by atoms with E-state index in [0.29, 0.717) is 21.1 Å². The van der Waals surface area contributed by atoms with Crippen molar-refractivity contribution in [3.05, 3.63) is 49.8 Å². The van der Waals surface area contributed by atoms with Gasteiger partial charge in [-0.1, -0.05) is 31.5 Å². The molecule has 27 heavy (non-hydrogen) atoms. The highest BCUT2D eigenvalue weighted by Gasteiger charge is 2.25. The zero-order valence-corrected chi connectivity index (χ0v) is 17.5. The van der Waals surface area contributed by atoms with Crippen LogP contribution in [0.3, 0.4) is 0 Å². The van der Waals surface area contributed by atoms with Crippen LogP contribution in [0, 0.1) is 13.8 Å². The summed E-state index contributed by atoms with van der Waals surface area (Å²) in [5, 5.41) is 1.20. The molecular weight excluding hydrogens is 382 g/mol. The fourth-order valence-corrected chi connectivity index (χ4v) is 4.41. The lowest BCUT2D eigenvalue weighted by Crippen LogP contribution is -2.35. The number of rotatable bonds is 4. The molecule has 1 unspecified atom stereocenters. The highest BCUT2D eigenvalue weighted by Crippen LogP contribution is 2.37. The minimum absolute atomic E-state index is 0.0208. The Morgan fingerprint density at radius 3 is 2.48 bits per heavy atom. The van der Waals surface area contributed by atoms with Crippen LogP contribution < -0.4 is 11.3 Å². The van der Waals surface area contributed by atoms with Gasteiger partial charge in [0.15, 0.2) is 0 Å². The predicted octanol–water partition coefficient (Wildman–Crippen LogP) is 4.56. The maximum absolute atomic E-state index is 13.5. The van der Waals surface area contributed by atoms with Gasteiger partial charge in [-0.05, 0) is 44.0 Å². The zero-order valence-electron chi connectivity index (χ0n) is 16.0. The molecule has 2 aromatic heterocycles. The number of nitrogens with zero attached hydrogens (tertiary/aromatic N) is 2. The second-order valence-corrected chi connectivity index (χ2v) is 8.67. The van der Waals surface area contributed by atoms with E-state index in [-0.39, 0.29) is 11.5 Å². The Labute approximate surface area is 166 Å². The Bertz CT molecular complexity index is 1110. The van der Waals surface area contributed by atoms with Gasteiger partial charge in [0.05, 0.1) is 5.39 Å². The molecule has 1 aromatic carbocycles. The van der Waals surface area contributed by atoms with Gasteiger partial charge in [0.1, 0.15) is 16.7 Å². The number of carbonyl (C=O) groups is 1. The summed E-state index contributed by atoms with van der Waals surface area (Å²) in [5.41, 5.74) is 7.96. The number of hydrogen-bond acceptors (Lipinski definition) is 4. The molecule has 0 aliphatic rings. The molecule has 3 rings (SSSR count). The summed E-state index contributed by atoms with van der Waals surface area (Å²) in [7, 11) is 0. The van der Waals surface area contributed by atoms with Gasteiger partial charge in [0.2, 0.25) is 5.91 Å². The second-order valence-electron chi connectivity index (χ2n) is 7.06. The van der Waals surface area contributed by atoms with Crippen molar-refractivity contribution in [2.45, 2.75) is 46.6 Å². The first kappa shape index (κ1) is 19.6. The van der Waals surface area contributed by atoms with E-state index in [1.807, 2.05) is 45.9 Å². The molecule has 3 aromatic rings. The van der Waals surface area contributed by atoms with Crippen LogP contribution >= 0.6 is 22.9 Å². The fourth-order valence-electron chi connectivity index (χ4n) is 3.25. The number of primary amides is 1. The summed E-state index contributed by atoms with van der Waals surface area (Å²) < 4.78 is 1.44. The minimum atomic E-state index is -0.771. The molecule has 0 radical (unpaired) electrons. The van der Waals surface area contributed by atoms with Crippen molar-refractivity contribution in [1.82, 2.24) is 9.55 Å². The average Bonchev–Trinajstić information content (AvgIpc) is 2.92. The van der Waals surface area contributed by atoms with E-state index in [1.165, 1.54) is 15.9 Å². The number of fused-ring (bicyclic) bond motifs is 1. The number of carbonyl (C=O) groups excluding carboxylic acids is 1. The number of nitrogens with two attached hydrogens (primary N) is 1. The van der Waals surface area contributed by atoms with Crippen molar-refractivity contribution in [3.8, 4) is 11.1 Å². The van der Waals surface area contributed by atoms with Crippen molar-refractivity contribution >= 4 is 39.1 Å². The van der Waals surface area contributed by atoms with Gasteiger partial charge in [-0.3, -0.25) is 14.2 Å². The Balaban J connectivity index is 2.43. The molecule has 0 saturated heterocycles. The van der Waals surface area contributed by atoms with Crippen LogP contribution in [0.25, 0.3) is 21.3 Å². The summed E-state index contributed by atoms with van der Waals surface area (Å²) in [4.78, 5) is 31.7. The molecule has 1 amide bonds. The maximum atomic E-state index is 13.5. The van der Waals surface area contributed by atoms with Gasteiger partial charge >= 0.3 is 0 Å². The van der Waals surface area contributed by atoms with E-state index < -0.39 is 11.9 Å². The van der Waals surface area contributed by atoms with Crippen LogP contribution in [0.5, 0.6) is 0 Å². The molecule has 1 atom stereocenters. The molecule has 2 heterocycles. The minimum Gasteiger partial charge on any atom is -0.368 e. The number of thiophene rings is 1. The molecule has 0 bridgehead atoms. The SMILES string of the molecule is Cc1cc(-c2c(C)sc3nc(C(C)C)n(C(C)C(N)=O)c(=O)c23)ccc1Cl. The molecule has 7 heteroatoms. The Morgan fingerprint density at radius 2 is 1.93 bits per heavy atom. The molecule has 0 fully saturated rings. The van der Waals surface area contributed by atoms with E-state index in [4.69, 9.17) is 22.3 Å². The lowest BCUT2D eigenvalue weighted by Gasteiger charge is -2.19. The van der Waals surface area contributed by atoms with Crippen molar-refractivity contribution in [1.29, 1.82) is 0 Å². The average molecular weight is 404 g/mol. The molecule has 0 saturated carbocycles. The van der Waals surface area contributed by atoms with Crippen molar-refractivity contribution in [2.24, 2.45) is 5.73 Å². The zero-order chi connectivity index (χ0) is 20.0. The molecule has 0 aliphatic heterocycles. The van der Waals surface area contributed by atoms with E-state index in [0.717, 1.165) is 21.6 Å². The van der Waals surface area contributed by atoms with E-state index in [2.05, 4.69) is 0 Å². The van der Waals surface area contributed by atoms with Crippen molar-refractivity contribution in [2.75, 3.05) is 0 Å². The largest absolute Gasteiger partial charge is 0.368 e. The number of halogens is 1. The molecule has 2 N–H and O–H groups in total. The summed E-state index contributed by atoms with van der Waals surface area (Å²) in [6.45, 7) is 9.43.